The summed E-state index contributed by atoms with van der Waals surface area (Å²) in [5.41, 5.74) is -3.32. The summed E-state index contributed by atoms with van der Waals surface area (Å²) in [4.78, 5) is 12.4. The van der Waals surface area contributed by atoms with Crippen LogP contribution in [0.25, 0.3) is 0 Å². The van der Waals surface area contributed by atoms with Crippen LogP contribution in [-0.2, 0) is 23.7 Å². The summed E-state index contributed by atoms with van der Waals surface area (Å²) in [6.45, 7) is 3.15. The zero-order valence-electron chi connectivity index (χ0n) is 14.6. The van der Waals surface area contributed by atoms with Crippen LogP contribution < -0.4 is 10.6 Å². The van der Waals surface area contributed by atoms with E-state index in [0.29, 0.717) is 0 Å². The first-order chi connectivity index (χ1) is 12.1. The van der Waals surface area contributed by atoms with Crippen molar-refractivity contribution in [2.24, 2.45) is 5.92 Å². The number of nitrogens with one attached hydrogen (secondary N) is 3. The van der Waals surface area contributed by atoms with Gasteiger partial charge in [0.05, 0.1) is 18.6 Å². The van der Waals surface area contributed by atoms with Crippen molar-refractivity contribution in [3.63, 3.8) is 0 Å². The largest absolute Gasteiger partial charge is 0.454 e. The molecule has 3 heterocycles. The highest BCUT2D eigenvalue weighted by Gasteiger charge is 2.78. The van der Waals surface area contributed by atoms with Crippen LogP contribution in [0.4, 0.5) is 0 Å². The molecule has 2 bridgehead atoms. The standard InChI is InChI=1S/C15H23N3O8/c1-13(2)24-4-14(26-13)6(19)5-10(23-3)17-12(16)18-15(5)7(20)9(14)25-11(22)8(15)21/h5-10,19-21H,4H2,1-3H3,(H3,16,17,18)/t5?,6?,7-,8+,9?,10+,14?,15?/m0/s1. The van der Waals surface area contributed by atoms with Gasteiger partial charge < -0.3 is 44.9 Å². The number of rotatable bonds is 1. The maximum absolute atomic E-state index is 12.4. The number of esters is 1. The van der Waals surface area contributed by atoms with Crippen molar-refractivity contribution in [3.8, 4) is 0 Å². The van der Waals surface area contributed by atoms with Crippen molar-refractivity contribution in [3.05, 3.63) is 0 Å². The van der Waals surface area contributed by atoms with Gasteiger partial charge in [0.2, 0.25) is 0 Å². The SMILES string of the molecule is CO[C@H]1NC(=N)NC23C1C(O)C1(COC(C)(C)O1)C(OC(=O)[C@H]2O)[C@@H]3O. The molecule has 11 heteroatoms. The fraction of sp³-hybridized carbons (Fsp3) is 0.867. The van der Waals surface area contributed by atoms with E-state index >= 15 is 0 Å². The first-order valence-electron chi connectivity index (χ1n) is 8.34. The summed E-state index contributed by atoms with van der Waals surface area (Å²) < 4.78 is 22.1. The molecule has 0 radical (unpaired) electrons. The molecule has 3 aliphatic heterocycles. The van der Waals surface area contributed by atoms with Gasteiger partial charge in [-0.25, -0.2) is 4.79 Å². The molecule has 5 unspecified atom stereocenters. The molecule has 26 heavy (non-hydrogen) atoms. The number of guanidine groups is 1. The molecule has 4 aliphatic rings. The molecule has 146 valence electrons. The van der Waals surface area contributed by atoms with E-state index in [4.69, 9.17) is 24.4 Å². The molecule has 0 amide bonds. The summed E-state index contributed by atoms with van der Waals surface area (Å²) in [6.07, 6.45) is -6.93. The maximum atomic E-state index is 12.4. The summed E-state index contributed by atoms with van der Waals surface area (Å²) >= 11 is 0. The Labute approximate surface area is 149 Å². The average molecular weight is 373 g/mol. The third-order valence-corrected chi connectivity index (χ3v) is 5.86. The maximum Gasteiger partial charge on any atom is 0.338 e. The molecule has 8 atom stereocenters. The number of methoxy groups -OCH3 is 1. The minimum atomic E-state index is -1.82. The highest BCUT2D eigenvalue weighted by atomic mass is 16.8. The summed E-state index contributed by atoms with van der Waals surface area (Å²) in [5.74, 6) is -3.37. The first-order valence-corrected chi connectivity index (χ1v) is 8.34. The Morgan fingerprint density at radius 3 is 2.54 bits per heavy atom. The van der Waals surface area contributed by atoms with Gasteiger partial charge in [0, 0.05) is 7.11 Å². The number of fused-ring (bicyclic) bond motifs is 2. The van der Waals surface area contributed by atoms with Crippen LogP contribution in [0.5, 0.6) is 0 Å². The van der Waals surface area contributed by atoms with E-state index in [1.165, 1.54) is 7.11 Å². The average Bonchev–Trinajstić information content (AvgIpc) is 2.91. The Morgan fingerprint density at radius 2 is 1.96 bits per heavy atom. The lowest BCUT2D eigenvalue weighted by Crippen LogP contribution is -2.90. The Kier molecular flexibility index (Phi) is 3.63. The van der Waals surface area contributed by atoms with Crippen molar-refractivity contribution in [2.45, 2.75) is 61.4 Å². The number of aliphatic hydroxyl groups excluding tert-OH is 3. The normalized spacial score (nSPS) is 52.1. The van der Waals surface area contributed by atoms with Gasteiger partial charge in [0.25, 0.3) is 0 Å². The highest BCUT2D eigenvalue weighted by molar-refractivity contribution is 5.84. The minimum absolute atomic E-state index is 0.132. The van der Waals surface area contributed by atoms with Gasteiger partial charge in [-0.15, -0.1) is 0 Å². The fourth-order valence-electron chi connectivity index (χ4n) is 4.76. The molecule has 3 saturated heterocycles. The number of aliphatic hydroxyl groups is 3. The second kappa shape index (κ2) is 5.27. The lowest BCUT2D eigenvalue weighted by molar-refractivity contribution is -0.318. The number of ether oxygens (including phenoxy) is 4. The predicted octanol–water partition coefficient (Wildman–Crippen LogP) is -3.02. The van der Waals surface area contributed by atoms with E-state index in [2.05, 4.69) is 10.6 Å². The summed E-state index contributed by atoms with van der Waals surface area (Å²) in [6, 6.07) is 0. The molecule has 6 N–H and O–H groups in total. The van der Waals surface area contributed by atoms with Crippen LogP contribution in [0.15, 0.2) is 0 Å². The number of carbonyl (C=O) groups excluding carboxylic acids is 1. The number of carbonyl (C=O) groups is 1. The molecular formula is C15H23N3O8. The first kappa shape index (κ1) is 17.9. The van der Waals surface area contributed by atoms with Crippen LogP contribution in [0.2, 0.25) is 0 Å². The zero-order valence-corrected chi connectivity index (χ0v) is 14.6. The van der Waals surface area contributed by atoms with Gasteiger partial charge in [0.15, 0.2) is 29.6 Å². The molecular weight excluding hydrogens is 350 g/mol. The van der Waals surface area contributed by atoms with Gasteiger partial charge >= 0.3 is 5.97 Å². The van der Waals surface area contributed by atoms with Crippen molar-refractivity contribution in [2.75, 3.05) is 13.7 Å². The Morgan fingerprint density at radius 1 is 1.27 bits per heavy atom. The Hall–Kier alpha value is -1.50. The monoisotopic (exact) mass is 373 g/mol. The zero-order chi connectivity index (χ0) is 19.1. The second-order valence-corrected chi connectivity index (χ2v) is 7.65. The lowest BCUT2D eigenvalue weighted by atomic mass is 9.57. The van der Waals surface area contributed by atoms with Crippen LogP contribution >= 0.6 is 0 Å². The molecule has 0 aromatic carbocycles. The molecule has 1 aliphatic carbocycles. The molecule has 1 saturated carbocycles. The highest BCUT2D eigenvalue weighted by Crippen LogP contribution is 2.53. The number of hydrogen-bond donors (Lipinski definition) is 6. The van der Waals surface area contributed by atoms with E-state index in [-0.39, 0.29) is 12.6 Å². The van der Waals surface area contributed by atoms with Crippen LogP contribution in [-0.4, -0.2) is 88.5 Å². The van der Waals surface area contributed by atoms with Crippen molar-refractivity contribution < 1.29 is 39.1 Å². The fourth-order valence-corrected chi connectivity index (χ4v) is 4.76. The topological polar surface area (TPSA) is 163 Å². The van der Waals surface area contributed by atoms with Crippen LogP contribution in [0.3, 0.4) is 0 Å². The second-order valence-electron chi connectivity index (χ2n) is 7.65. The van der Waals surface area contributed by atoms with Crippen molar-refractivity contribution >= 4 is 11.9 Å². The number of hydrogen-bond acceptors (Lipinski definition) is 9. The van der Waals surface area contributed by atoms with Gasteiger partial charge in [-0.2, -0.15) is 0 Å². The van der Waals surface area contributed by atoms with E-state index < -0.39 is 59.5 Å². The summed E-state index contributed by atoms with van der Waals surface area (Å²) in [5, 5.41) is 46.2. The van der Waals surface area contributed by atoms with Gasteiger partial charge in [-0.05, 0) is 13.8 Å². The van der Waals surface area contributed by atoms with E-state index in [9.17, 15) is 20.1 Å². The van der Waals surface area contributed by atoms with Crippen LogP contribution in [0, 0.1) is 11.3 Å². The quantitative estimate of drug-likeness (QED) is 0.261. The molecule has 4 fully saturated rings. The van der Waals surface area contributed by atoms with E-state index in [1.807, 2.05) is 0 Å². The summed E-state index contributed by atoms with van der Waals surface area (Å²) in [7, 11) is 1.35. The molecule has 11 nitrogen and oxygen atoms in total. The molecule has 4 rings (SSSR count). The van der Waals surface area contributed by atoms with Gasteiger partial charge in [-0.1, -0.05) is 0 Å². The molecule has 0 aromatic heterocycles. The Balaban J connectivity index is 1.89. The van der Waals surface area contributed by atoms with Crippen molar-refractivity contribution in [1.82, 2.24) is 10.6 Å². The van der Waals surface area contributed by atoms with E-state index in [1.54, 1.807) is 13.8 Å². The predicted molar refractivity (Wildman–Crippen MR) is 82.8 cm³/mol. The van der Waals surface area contributed by atoms with Gasteiger partial charge in [-0.3, -0.25) is 5.41 Å². The lowest BCUT2D eigenvalue weighted by Gasteiger charge is -2.64. The van der Waals surface area contributed by atoms with Crippen molar-refractivity contribution in [1.29, 1.82) is 5.41 Å². The van der Waals surface area contributed by atoms with Crippen LogP contribution in [0.1, 0.15) is 13.8 Å². The Bertz CT molecular complexity index is 659. The van der Waals surface area contributed by atoms with Gasteiger partial charge in [0.1, 0.15) is 17.9 Å². The van der Waals surface area contributed by atoms with E-state index in [0.717, 1.165) is 0 Å². The molecule has 0 aromatic rings. The minimum Gasteiger partial charge on any atom is -0.454 e. The third kappa shape index (κ3) is 1.98. The smallest absolute Gasteiger partial charge is 0.338 e. The third-order valence-electron chi connectivity index (χ3n) is 5.86. The molecule has 2 spiro atoms.